The van der Waals surface area contributed by atoms with Gasteiger partial charge in [0.2, 0.25) is 6.79 Å². The van der Waals surface area contributed by atoms with Crippen molar-refractivity contribution in [3.63, 3.8) is 0 Å². The zero-order valence-corrected chi connectivity index (χ0v) is 15.2. The van der Waals surface area contributed by atoms with Gasteiger partial charge in [0.1, 0.15) is 11.2 Å². The Morgan fingerprint density at radius 1 is 1.19 bits per heavy atom. The number of rotatable bonds is 4. The number of nitrogens with zero attached hydrogens (tertiary/aromatic N) is 5. The van der Waals surface area contributed by atoms with Crippen LogP contribution in [0.15, 0.2) is 29.2 Å². The van der Waals surface area contributed by atoms with Crippen LogP contribution >= 0.6 is 0 Å². The predicted octanol–water partition coefficient (Wildman–Crippen LogP) is 1.75. The normalized spacial score (nSPS) is 16.0. The van der Waals surface area contributed by atoms with E-state index in [0.29, 0.717) is 24.1 Å². The summed E-state index contributed by atoms with van der Waals surface area (Å²) in [7, 11) is 0. The third-order valence-electron chi connectivity index (χ3n) is 5.12. The molecule has 0 unspecified atom stereocenters. The average molecular weight is 367 g/mol. The second-order valence-corrected chi connectivity index (χ2v) is 6.99. The van der Waals surface area contributed by atoms with Gasteiger partial charge in [-0.3, -0.25) is 14.3 Å². The van der Waals surface area contributed by atoms with Crippen LogP contribution in [-0.2, 0) is 26.2 Å². The van der Waals surface area contributed by atoms with E-state index in [1.807, 2.05) is 16.8 Å². The monoisotopic (exact) mass is 367 g/mol. The van der Waals surface area contributed by atoms with Gasteiger partial charge in [0.05, 0.1) is 12.7 Å². The summed E-state index contributed by atoms with van der Waals surface area (Å²) in [6, 6.07) is 6.03. The highest BCUT2D eigenvalue weighted by Gasteiger charge is 2.22. The molecule has 0 radical (unpaired) electrons. The lowest BCUT2D eigenvalue weighted by molar-refractivity contribution is 0.173. The molecule has 5 rings (SSSR count). The van der Waals surface area contributed by atoms with Crippen molar-refractivity contribution in [3.05, 3.63) is 46.1 Å². The molecule has 0 aliphatic carbocycles. The molecule has 140 valence electrons. The molecule has 0 saturated carbocycles. The van der Waals surface area contributed by atoms with Crippen molar-refractivity contribution in [3.8, 4) is 11.5 Å². The SMILES string of the molecule is CCCn1ncc2c(=O)n3c(nc21)CN(Cc1ccc2c(c1)OCO2)CC3. The van der Waals surface area contributed by atoms with E-state index in [4.69, 9.17) is 14.5 Å². The molecule has 2 aliphatic heterocycles. The second-order valence-electron chi connectivity index (χ2n) is 6.99. The Hall–Kier alpha value is -2.87. The summed E-state index contributed by atoms with van der Waals surface area (Å²) in [5.74, 6) is 2.39. The minimum absolute atomic E-state index is 0.0140. The van der Waals surface area contributed by atoms with Gasteiger partial charge in [-0.2, -0.15) is 5.10 Å². The molecule has 8 heteroatoms. The topological polar surface area (TPSA) is 74.4 Å². The molecule has 0 fully saturated rings. The van der Waals surface area contributed by atoms with Crippen LogP contribution in [0.2, 0.25) is 0 Å². The van der Waals surface area contributed by atoms with Crippen molar-refractivity contribution in [1.82, 2.24) is 24.2 Å². The van der Waals surface area contributed by atoms with E-state index < -0.39 is 0 Å². The molecule has 0 spiro atoms. The van der Waals surface area contributed by atoms with E-state index in [1.165, 1.54) is 0 Å². The molecule has 0 N–H and O–H groups in total. The standard InChI is InChI=1S/C19H21N5O3/c1-2-5-24-18-14(9-20-24)19(25)23-7-6-22(11-17(23)21-18)10-13-3-4-15-16(8-13)27-12-26-15/h3-4,8-9H,2,5-7,10-12H2,1H3. The molecule has 1 aromatic carbocycles. The summed E-state index contributed by atoms with van der Waals surface area (Å²) in [4.78, 5) is 19.9. The fraction of sp³-hybridized carbons (Fsp3) is 0.421. The van der Waals surface area contributed by atoms with Crippen LogP contribution in [-0.4, -0.2) is 37.6 Å². The Balaban J connectivity index is 1.43. The Labute approximate surface area is 155 Å². The Morgan fingerprint density at radius 2 is 2.07 bits per heavy atom. The van der Waals surface area contributed by atoms with E-state index in [1.54, 1.807) is 10.8 Å². The molecule has 0 bridgehead atoms. The van der Waals surface area contributed by atoms with Crippen LogP contribution in [0.3, 0.4) is 0 Å². The minimum atomic E-state index is 0.0140. The molecule has 4 heterocycles. The summed E-state index contributed by atoms with van der Waals surface area (Å²) < 4.78 is 14.5. The fourth-order valence-corrected chi connectivity index (χ4v) is 3.77. The van der Waals surface area contributed by atoms with Crippen LogP contribution in [0.1, 0.15) is 24.7 Å². The van der Waals surface area contributed by atoms with Crippen LogP contribution in [0, 0.1) is 0 Å². The molecular formula is C19H21N5O3. The van der Waals surface area contributed by atoms with Gasteiger partial charge in [-0.25, -0.2) is 9.67 Å². The maximum Gasteiger partial charge on any atom is 0.264 e. The third kappa shape index (κ3) is 2.76. The van der Waals surface area contributed by atoms with Crippen molar-refractivity contribution < 1.29 is 9.47 Å². The Bertz CT molecular complexity index is 1070. The van der Waals surface area contributed by atoms with E-state index in [0.717, 1.165) is 48.9 Å². The van der Waals surface area contributed by atoms with Crippen molar-refractivity contribution >= 4 is 11.0 Å². The summed E-state index contributed by atoms with van der Waals surface area (Å²) in [5.41, 5.74) is 1.87. The van der Waals surface area contributed by atoms with Gasteiger partial charge < -0.3 is 9.47 Å². The lowest BCUT2D eigenvalue weighted by atomic mass is 10.1. The molecule has 0 amide bonds. The smallest absolute Gasteiger partial charge is 0.264 e. The average Bonchev–Trinajstić information content (AvgIpc) is 3.29. The largest absolute Gasteiger partial charge is 0.454 e. The number of benzene rings is 1. The summed E-state index contributed by atoms with van der Waals surface area (Å²) in [6.45, 7) is 5.99. The van der Waals surface area contributed by atoms with Gasteiger partial charge >= 0.3 is 0 Å². The summed E-state index contributed by atoms with van der Waals surface area (Å²) in [5, 5.41) is 4.95. The first-order valence-electron chi connectivity index (χ1n) is 9.29. The zero-order valence-electron chi connectivity index (χ0n) is 15.2. The van der Waals surface area contributed by atoms with Crippen molar-refractivity contribution in [1.29, 1.82) is 0 Å². The summed E-state index contributed by atoms with van der Waals surface area (Å²) >= 11 is 0. The van der Waals surface area contributed by atoms with E-state index in [2.05, 4.69) is 23.0 Å². The van der Waals surface area contributed by atoms with Crippen molar-refractivity contribution in [2.24, 2.45) is 0 Å². The van der Waals surface area contributed by atoms with Gasteiger partial charge in [0.25, 0.3) is 5.56 Å². The number of hydrogen-bond donors (Lipinski definition) is 0. The number of aromatic nitrogens is 4. The maximum absolute atomic E-state index is 12.8. The molecule has 0 saturated heterocycles. The van der Waals surface area contributed by atoms with Gasteiger partial charge in [-0.15, -0.1) is 0 Å². The van der Waals surface area contributed by atoms with Crippen LogP contribution in [0.4, 0.5) is 0 Å². The van der Waals surface area contributed by atoms with Crippen molar-refractivity contribution in [2.75, 3.05) is 13.3 Å². The van der Waals surface area contributed by atoms with Gasteiger partial charge in [0, 0.05) is 26.2 Å². The van der Waals surface area contributed by atoms with Crippen LogP contribution in [0.25, 0.3) is 11.0 Å². The van der Waals surface area contributed by atoms with E-state index in [9.17, 15) is 4.79 Å². The molecule has 27 heavy (non-hydrogen) atoms. The highest BCUT2D eigenvalue weighted by molar-refractivity contribution is 5.73. The summed E-state index contributed by atoms with van der Waals surface area (Å²) in [6.07, 6.45) is 2.60. The van der Waals surface area contributed by atoms with Gasteiger partial charge in [-0.05, 0) is 24.1 Å². The number of ether oxygens (including phenoxy) is 2. The van der Waals surface area contributed by atoms with E-state index in [-0.39, 0.29) is 12.4 Å². The molecule has 0 atom stereocenters. The first kappa shape index (κ1) is 16.3. The quantitative estimate of drug-likeness (QED) is 0.699. The number of aryl methyl sites for hydroxylation is 1. The zero-order chi connectivity index (χ0) is 18.4. The number of fused-ring (bicyclic) bond motifs is 3. The molecule has 2 aromatic heterocycles. The molecule has 3 aromatic rings. The third-order valence-corrected chi connectivity index (χ3v) is 5.12. The molecular weight excluding hydrogens is 346 g/mol. The van der Waals surface area contributed by atoms with E-state index >= 15 is 0 Å². The predicted molar refractivity (Wildman–Crippen MR) is 98.8 cm³/mol. The van der Waals surface area contributed by atoms with Crippen LogP contribution < -0.4 is 15.0 Å². The second kappa shape index (κ2) is 6.38. The maximum atomic E-state index is 12.8. The van der Waals surface area contributed by atoms with Crippen LogP contribution in [0.5, 0.6) is 11.5 Å². The Morgan fingerprint density at radius 3 is 2.96 bits per heavy atom. The lowest BCUT2D eigenvalue weighted by Gasteiger charge is -2.29. The number of hydrogen-bond acceptors (Lipinski definition) is 6. The lowest BCUT2D eigenvalue weighted by Crippen LogP contribution is -2.39. The first-order chi connectivity index (χ1) is 13.2. The van der Waals surface area contributed by atoms with Crippen molar-refractivity contribution in [2.45, 2.75) is 39.5 Å². The molecule has 2 aliphatic rings. The van der Waals surface area contributed by atoms with Gasteiger partial charge in [-0.1, -0.05) is 13.0 Å². The minimum Gasteiger partial charge on any atom is -0.454 e. The first-order valence-corrected chi connectivity index (χ1v) is 9.29. The Kier molecular flexibility index (Phi) is 3.86. The molecule has 8 nitrogen and oxygen atoms in total. The highest BCUT2D eigenvalue weighted by Crippen LogP contribution is 2.33. The van der Waals surface area contributed by atoms with Gasteiger partial charge in [0.15, 0.2) is 17.1 Å². The fourth-order valence-electron chi connectivity index (χ4n) is 3.77. The highest BCUT2D eigenvalue weighted by atomic mass is 16.7.